The Bertz CT molecular complexity index is 1730. The Hall–Kier alpha value is -4.00. The van der Waals surface area contributed by atoms with Crippen molar-refractivity contribution >= 4 is 27.5 Å². The summed E-state index contributed by atoms with van der Waals surface area (Å²) in [6.45, 7) is 0.371. The van der Waals surface area contributed by atoms with Gasteiger partial charge in [-0.25, -0.2) is 18.0 Å². The molecule has 1 N–H and O–H groups in total. The van der Waals surface area contributed by atoms with Crippen molar-refractivity contribution in [2.45, 2.75) is 31.1 Å². The van der Waals surface area contributed by atoms with Crippen molar-refractivity contribution < 1.29 is 17.6 Å². The largest absolute Gasteiger partial charge is 0.443 e. The second kappa shape index (κ2) is 6.78. The molecule has 4 bridgehead atoms. The molecule has 1 saturated carbocycles. The summed E-state index contributed by atoms with van der Waals surface area (Å²) in [5.74, 6) is -5.84. The summed E-state index contributed by atoms with van der Waals surface area (Å²) in [5.41, 5.74) is -1.38. The van der Waals surface area contributed by atoms with Crippen LogP contribution in [0.4, 0.5) is 23.4 Å². The van der Waals surface area contributed by atoms with Crippen LogP contribution in [-0.2, 0) is 0 Å². The summed E-state index contributed by atoms with van der Waals surface area (Å²) in [5, 5.41) is 0.572. The summed E-state index contributed by atoms with van der Waals surface area (Å²) in [6.07, 6.45) is 3.30. The fraction of sp³-hybridized carbons (Fsp3) is 0.280. The zero-order valence-electron chi connectivity index (χ0n) is 18.1. The molecule has 10 heteroatoms. The fourth-order valence-corrected chi connectivity index (χ4v) is 5.68. The van der Waals surface area contributed by atoms with Gasteiger partial charge in [-0.15, -0.1) is 0 Å². The SMILES string of the molecule is O=c1nc2c3cnc(c(F)c3[nH]1)-c1cccc3cc(F)c(F)c(c13)C#[N+][C@]1(F)[C@@H]3CCCCN2[C@@H]31. The van der Waals surface area contributed by atoms with Gasteiger partial charge in [0.15, 0.2) is 23.5 Å². The number of hydrogen-bond donors (Lipinski definition) is 1. The van der Waals surface area contributed by atoms with Gasteiger partial charge in [0.2, 0.25) is 0 Å². The molecule has 8 rings (SSSR count). The van der Waals surface area contributed by atoms with E-state index in [1.54, 1.807) is 11.0 Å². The molecule has 5 heterocycles. The van der Waals surface area contributed by atoms with Gasteiger partial charge in [0.25, 0.3) is 0 Å². The maximum Gasteiger partial charge on any atom is 0.443 e. The summed E-state index contributed by atoms with van der Waals surface area (Å²) in [6, 6.07) is 7.21. The maximum atomic E-state index is 16.2. The highest BCUT2D eigenvalue weighted by molar-refractivity contribution is 6.02. The van der Waals surface area contributed by atoms with Gasteiger partial charge in [0.05, 0.1) is 10.9 Å². The highest BCUT2D eigenvalue weighted by Crippen LogP contribution is 2.57. The van der Waals surface area contributed by atoms with Crippen molar-refractivity contribution in [2.24, 2.45) is 5.92 Å². The van der Waals surface area contributed by atoms with E-state index < -0.39 is 46.5 Å². The average molecular weight is 478 g/mol. The van der Waals surface area contributed by atoms with Gasteiger partial charge in [-0.3, -0.25) is 4.98 Å². The van der Waals surface area contributed by atoms with Crippen LogP contribution in [0, 0.1) is 29.4 Å². The van der Waals surface area contributed by atoms with Crippen molar-refractivity contribution in [1.29, 1.82) is 0 Å². The third kappa shape index (κ3) is 2.66. The first-order chi connectivity index (χ1) is 16.9. The zero-order valence-corrected chi connectivity index (χ0v) is 18.1. The van der Waals surface area contributed by atoms with E-state index in [1.807, 2.05) is 0 Å². The van der Waals surface area contributed by atoms with E-state index in [0.29, 0.717) is 25.8 Å². The predicted molar refractivity (Wildman–Crippen MR) is 122 cm³/mol. The molecule has 174 valence electrons. The van der Waals surface area contributed by atoms with E-state index in [4.69, 9.17) is 0 Å². The topological polar surface area (TPSA) is 66.2 Å². The second-order valence-corrected chi connectivity index (χ2v) is 9.22. The van der Waals surface area contributed by atoms with Gasteiger partial charge in [-0.2, -0.15) is 9.37 Å². The summed E-state index contributed by atoms with van der Waals surface area (Å²) >= 11 is 0. The number of anilines is 1. The lowest BCUT2D eigenvalue weighted by Gasteiger charge is -2.22. The Morgan fingerprint density at radius 1 is 1.20 bits per heavy atom. The van der Waals surface area contributed by atoms with Crippen molar-refractivity contribution in [3.8, 4) is 17.3 Å². The highest BCUT2D eigenvalue weighted by Gasteiger charge is 2.80. The molecule has 35 heavy (non-hydrogen) atoms. The predicted octanol–water partition coefficient (Wildman–Crippen LogP) is 4.90. The first kappa shape index (κ1) is 20.4. The number of nitrogens with zero attached hydrogens (tertiary/aromatic N) is 4. The number of rotatable bonds is 0. The number of halogens is 4. The molecule has 1 aliphatic carbocycles. The molecule has 2 aromatic carbocycles. The van der Waals surface area contributed by atoms with E-state index in [9.17, 15) is 9.18 Å². The van der Waals surface area contributed by atoms with Crippen LogP contribution in [0.1, 0.15) is 24.8 Å². The van der Waals surface area contributed by atoms with Crippen LogP contribution in [0.5, 0.6) is 0 Å². The number of aromatic amines is 1. The molecule has 0 unspecified atom stereocenters. The third-order valence-electron chi connectivity index (χ3n) is 7.33. The van der Waals surface area contributed by atoms with E-state index in [2.05, 4.69) is 25.9 Å². The first-order valence-corrected chi connectivity index (χ1v) is 11.3. The van der Waals surface area contributed by atoms with Crippen LogP contribution >= 0.6 is 0 Å². The van der Waals surface area contributed by atoms with E-state index in [-0.39, 0.29) is 38.8 Å². The summed E-state index contributed by atoms with van der Waals surface area (Å²) in [4.78, 5) is 28.9. The molecule has 0 spiro atoms. The molecule has 1 saturated heterocycles. The smallest absolute Gasteiger partial charge is 0.341 e. The van der Waals surface area contributed by atoms with Crippen molar-refractivity contribution in [3.63, 3.8) is 0 Å². The zero-order chi connectivity index (χ0) is 24.1. The van der Waals surface area contributed by atoms with E-state index in [1.165, 1.54) is 18.3 Å². The van der Waals surface area contributed by atoms with E-state index in [0.717, 1.165) is 6.07 Å². The normalized spacial score (nSPS) is 24.3. The molecule has 4 aromatic rings. The number of nitrogens with one attached hydrogen (secondary N) is 1. The number of benzene rings is 2. The summed E-state index contributed by atoms with van der Waals surface area (Å²) < 4.78 is 61.7. The lowest BCUT2D eigenvalue weighted by atomic mass is 9.96. The lowest BCUT2D eigenvalue weighted by Crippen LogP contribution is -2.33. The quantitative estimate of drug-likeness (QED) is 0.288. The van der Waals surface area contributed by atoms with Gasteiger partial charge >= 0.3 is 17.6 Å². The van der Waals surface area contributed by atoms with Crippen LogP contribution in [0.25, 0.3) is 37.8 Å². The Kier molecular flexibility index (Phi) is 3.95. The van der Waals surface area contributed by atoms with Gasteiger partial charge in [-0.1, -0.05) is 24.6 Å². The fourth-order valence-electron chi connectivity index (χ4n) is 5.68. The summed E-state index contributed by atoms with van der Waals surface area (Å²) in [7, 11) is 0. The van der Waals surface area contributed by atoms with Crippen LogP contribution in [0.2, 0.25) is 0 Å². The minimum Gasteiger partial charge on any atom is -0.341 e. The molecule has 2 aromatic heterocycles. The van der Waals surface area contributed by atoms with Crippen LogP contribution < -0.4 is 10.6 Å². The number of hydrogen-bond acceptors (Lipinski definition) is 4. The number of pyridine rings is 1. The molecule has 0 amide bonds. The molecule has 6 nitrogen and oxygen atoms in total. The number of H-pyrrole nitrogens is 1. The third-order valence-corrected chi connectivity index (χ3v) is 7.33. The van der Waals surface area contributed by atoms with Gasteiger partial charge in [0, 0.05) is 23.7 Å². The molecule has 3 atom stereocenters. The lowest BCUT2D eigenvalue weighted by molar-refractivity contribution is 0.325. The van der Waals surface area contributed by atoms with Gasteiger partial charge < -0.3 is 9.88 Å². The Morgan fingerprint density at radius 2 is 2.06 bits per heavy atom. The Morgan fingerprint density at radius 3 is 2.91 bits per heavy atom. The van der Waals surface area contributed by atoms with Crippen LogP contribution in [0.15, 0.2) is 35.3 Å². The highest BCUT2D eigenvalue weighted by atomic mass is 19.2. The monoisotopic (exact) mass is 478 g/mol. The standard InChI is InChI=1S/C25H15F4N5O/c26-16-8-11-4-3-5-12-17(11)13(18(16)27)10-31-25(29)15-6-1-2-7-34(22(15)25)23-14-9-30-20(12)19(28)21(14)32-24(35)33-23/h3-5,8-9,15,22H,1-2,6-7H2/p+1/t15-,22+,25-/m1/s1. The minimum atomic E-state index is -2.14. The maximum absolute atomic E-state index is 16.2. The number of alkyl halides is 1. The number of fused-ring (bicyclic) bond motifs is 1. The van der Waals surface area contributed by atoms with Crippen LogP contribution in [0.3, 0.4) is 0 Å². The molecule has 3 aliphatic heterocycles. The van der Waals surface area contributed by atoms with Gasteiger partial charge in [-0.05, 0) is 29.1 Å². The average Bonchev–Trinajstić information content (AvgIpc) is 3.49. The molecule has 2 fully saturated rings. The van der Waals surface area contributed by atoms with Crippen molar-refractivity contribution in [1.82, 2.24) is 15.0 Å². The molecule has 0 radical (unpaired) electrons. The minimum absolute atomic E-state index is 0.0954. The van der Waals surface area contributed by atoms with Crippen molar-refractivity contribution in [3.05, 3.63) is 68.8 Å². The molecular formula is C25H16F4N5O+. The molecular weight excluding hydrogens is 462 g/mol. The molecule has 4 aliphatic rings. The Balaban J connectivity index is 1.68. The first-order valence-electron chi connectivity index (χ1n) is 11.3. The van der Waals surface area contributed by atoms with Crippen LogP contribution in [-0.4, -0.2) is 33.3 Å². The van der Waals surface area contributed by atoms with Gasteiger partial charge in [0.1, 0.15) is 23.0 Å². The van der Waals surface area contributed by atoms with Crippen molar-refractivity contribution in [2.75, 3.05) is 11.4 Å². The Labute approximate surface area is 195 Å². The number of aromatic nitrogens is 3. The second-order valence-electron chi connectivity index (χ2n) is 9.22. The van der Waals surface area contributed by atoms with E-state index >= 15 is 13.2 Å².